The van der Waals surface area contributed by atoms with Gasteiger partial charge in [0.15, 0.2) is 4.67 Å². The van der Waals surface area contributed by atoms with Gasteiger partial charge in [-0.15, -0.1) is 0 Å². The fourth-order valence-corrected chi connectivity index (χ4v) is 2.81. The zero-order valence-electron chi connectivity index (χ0n) is 10.2. The van der Waals surface area contributed by atoms with Gasteiger partial charge in [-0.3, -0.25) is 4.79 Å². The summed E-state index contributed by atoms with van der Waals surface area (Å²) in [6.07, 6.45) is 2.34. The molecule has 0 atom stereocenters. The highest BCUT2D eigenvalue weighted by atomic mass is 79.9. The second kappa shape index (κ2) is 4.74. The van der Waals surface area contributed by atoms with E-state index in [1.165, 1.54) is 11.8 Å². The topological polar surface area (TPSA) is 59.5 Å². The second-order valence-electron chi connectivity index (χ2n) is 4.57. The Hall–Kier alpha value is -1.75. The number of carbonyl (C=O) groups excluding carboxylic acids is 1. The van der Waals surface area contributed by atoms with E-state index in [9.17, 15) is 4.79 Å². The van der Waals surface area contributed by atoms with Crippen LogP contribution in [0.1, 0.15) is 21.5 Å². The summed E-state index contributed by atoms with van der Waals surface area (Å²) >= 11 is 3.24. The number of anilines is 1. The molecule has 3 rings (SSSR count). The van der Waals surface area contributed by atoms with Crippen molar-refractivity contribution in [2.45, 2.75) is 13.0 Å². The highest BCUT2D eigenvalue weighted by molar-refractivity contribution is 9.10. The van der Waals surface area contributed by atoms with Gasteiger partial charge < -0.3 is 15.1 Å². The average molecular weight is 321 g/mol. The molecule has 19 heavy (non-hydrogen) atoms. The lowest BCUT2D eigenvalue weighted by Crippen LogP contribution is -2.36. The molecule has 2 heterocycles. The predicted octanol–water partition coefficient (Wildman–Crippen LogP) is 2.82. The quantitative estimate of drug-likeness (QED) is 0.822. The third-order valence-corrected chi connectivity index (χ3v) is 4.06. The van der Waals surface area contributed by atoms with E-state index in [0.717, 1.165) is 17.7 Å². The number of rotatable bonds is 1. The molecular weight excluding hydrogens is 308 g/mol. The van der Waals surface area contributed by atoms with Gasteiger partial charge in [-0.05, 0) is 45.6 Å². The molecule has 0 bridgehead atoms. The molecule has 1 aliphatic rings. The van der Waals surface area contributed by atoms with E-state index >= 15 is 0 Å². The molecule has 0 spiro atoms. The van der Waals surface area contributed by atoms with Crippen molar-refractivity contribution in [3.63, 3.8) is 0 Å². The number of halogens is 1. The summed E-state index contributed by atoms with van der Waals surface area (Å²) in [6.45, 7) is 1.26. The minimum absolute atomic E-state index is 0.0328. The minimum Gasteiger partial charge on any atom is -0.457 e. The first-order valence-corrected chi connectivity index (χ1v) is 6.84. The first-order valence-electron chi connectivity index (χ1n) is 6.05. The molecule has 0 fully saturated rings. The van der Waals surface area contributed by atoms with Crippen LogP contribution in [-0.2, 0) is 13.0 Å². The molecule has 2 aromatic rings. The van der Waals surface area contributed by atoms with Crippen molar-refractivity contribution in [3.8, 4) is 0 Å². The maximum atomic E-state index is 12.4. The van der Waals surface area contributed by atoms with Gasteiger partial charge in [0.2, 0.25) is 0 Å². The molecular formula is C14H13BrN2O2. The van der Waals surface area contributed by atoms with E-state index in [4.69, 9.17) is 10.2 Å². The van der Waals surface area contributed by atoms with Crippen LogP contribution in [0.5, 0.6) is 0 Å². The number of hydrogen-bond donors (Lipinski definition) is 1. The number of furan rings is 1. The number of fused-ring (bicyclic) bond motifs is 1. The molecule has 0 saturated carbocycles. The predicted molar refractivity (Wildman–Crippen MR) is 75.7 cm³/mol. The number of carbonyl (C=O) groups is 1. The van der Waals surface area contributed by atoms with Crippen LogP contribution in [0.2, 0.25) is 0 Å². The van der Waals surface area contributed by atoms with Gasteiger partial charge in [0.25, 0.3) is 5.91 Å². The number of nitrogens with two attached hydrogens (primary N) is 1. The third-order valence-electron chi connectivity index (χ3n) is 3.44. The van der Waals surface area contributed by atoms with E-state index in [1.54, 1.807) is 11.0 Å². The van der Waals surface area contributed by atoms with Gasteiger partial charge in [-0.1, -0.05) is 12.1 Å². The molecule has 1 aliphatic heterocycles. The van der Waals surface area contributed by atoms with Crippen LogP contribution in [0, 0.1) is 0 Å². The highest BCUT2D eigenvalue weighted by Gasteiger charge is 2.25. The lowest BCUT2D eigenvalue weighted by molar-refractivity contribution is 0.0733. The Balaban J connectivity index is 1.88. The molecule has 0 unspecified atom stereocenters. The minimum atomic E-state index is -0.0328. The molecule has 5 heteroatoms. The molecule has 0 saturated heterocycles. The van der Waals surface area contributed by atoms with Gasteiger partial charge in [-0.2, -0.15) is 0 Å². The van der Waals surface area contributed by atoms with Gasteiger partial charge in [0.1, 0.15) is 0 Å². The van der Waals surface area contributed by atoms with E-state index < -0.39 is 0 Å². The number of nitrogens with zero attached hydrogens (tertiary/aromatic N) is 1. The van der Waals surface area contributed by atoms with Crippen molar-refractivity contribution < 1.29 is 9.21 Å². The lowest BCUT2D eigenvalue weighted by atomic mass is 9.98. The van der Waals surface area contributed by atoms with E-state index in [0.29, 0.717) is 23.3 Å². The molecule has 2 N–H and O–H groups in total. The number of nitrogen functional groups attached to an aromatic ring is 1. The Morgan fingerprint density at radius 3 is 2.95 bits per heavy atom. The Morgan fingerprint density at radius 1 is 1.37 bits per heavy atom. The van der Waals surface area contributed by atoms with Crippen molar-refractivity contribution in [2.24, 2.45) is 0 Å². The average Bonchev–Trinajstić information content (AvgIpc) is 2.84. The van der Waals surface area contributed by atoms with Crippen LogP contribution in [0.4, 0.5) is 5.69 Å². The molecule has 1 amide bonds. The van der Waals surface area contributed by atoms with Crippen molar-refractivity contribution in [1.82, 2.24) is 4.90 Å². The SMILES string of the molecule is Nc1cccc2c1CN(C(=O)c1ccoc1Br)CC2. The Kier molecular flexibility index (Phi) is 3.06. The van der Waals surface area contributed by atoms with Crippen molar-refractivity contribution in [2.75, 3.05) is 12.3 Å². The number of amides is 1. The fraction of sp³-hybridized carbons (Fsp3) is 0.214. The Morgan fingerprint density at radius 2 is 2.21 bits per heavy atom. The van der Waals surface area contributed by atoms with Gasteiger partial charge in [0, 0.05) is 18.8 Å². The van der Waals surface area contributed by atoms with Crippen molar-refractivity contribution in [1.29, 1.82) is 0 Å². The zero-order valence-corrected chi connectivity index (χ0v) is 11.8. The maximum absolute atomic E-state index is 12.4. The van der Waals surface area contributed by atoms with Gasteiger partial charge >= 0.3 is 0 Å². The number of benzene rings is 1. The van der Waals surface area contributed by atoms with Crippen molar-refractivity contribution >= 4 is 27.5 Å². The first-order chi connectivity index (χ1) is 9.16. The summed E-state index contributed by atoms with van der Waals surface area (Å²) in [4.78, 5) is 14.2. The van der Waals surface area contributed by atoms with Gasteiger partial charge in [-0.25, -0.2) is 0 Å². The molecule has 0 radical (unpaired) electrons. The molecule has 4 nitrogen and oxygen atoms in total. The van der Waals surface area contributed by atoms with Crippen LogP contribution in [0.15, 0.2) is 39.6 Å². The van der Waals surface area contributed by atoms with Crippen LogP contribution in [-0.4, -0.2) is 17.4 Å². The van der Waals surface area contributed by atoms with Crippen LogP contribution >= 0.6 is 15.9 Å². The lowest BCUT2D eigenvalue weighted by Gasteiger charge is -2.29. The largest absolute Gasteiger partial charge is 0.457 e. The molecule has 1 aromatic heterocycles. The third kappa shape index (κ3) is 2.14. The number of hydrogen-bond acceptors (Lipinski definition) is 3. The summed E-state index contributed by atoms with van der Waals surface area (Å²) in [7, 11) is 0. The smallest absolute Gasteiger partial charge is 0.258 e. The molecule has 1 aromatic carbocycles. The normalized spacial score (nSPS) is 14.3. The first kappa shape index (κ1) is 12.3. The molecule has 98 valence electrons. The van der Waals surface area contributed by atoms with E-state index in [1.807, 2.05) is 12.1 Å². The highest BCUT2D eigenvalue weighted by Crippen LogP contribution is 2.27. The zero-order chi connectivity index (χ0) is 13.4. The molecule has 0 aliphatic carbocycles. The summed E-state index contributed by atoms with van der Waals surface area (Å²) in [5.74, 6) is -0.0328. The summed E-state index contributed by atoms with van der Waals surface area (Å²) in [5.41, 5.74) is 9.58. The van der Waals surface area contributed by atoms with Crippen molar-refractivity contribution in [3.05, 3.63) is 51.9 Å². The standard InChI is InChI=1S/C14H13BrN2O2/c15-13-10(5-7-19-13)14(18)17-6-4-9-2-1-3-12(16)11(9)8-17/h1-3,5,7H,4,6,8,16H2. The summed E-state index contributed by atoms with van der Waals surface area (Å²) in [5, 5.41) is 0. The maximum Gasteiger partial charge on any atom is 0.258 e. The van der Waals surface area contributed by atoms with Crippen LogP contribution < -0.4 is 5.73 Å². The van der Waals surface area contributed by atoms with E-state index in [-0.39, 0.29) is 5.91 Å². The second-order valence-corrected chi connectivity index (χ2v) is 5.29. The Labute approximate surface area is 119 Å². The Bertz CT molecular complexity index is 636. The monoisotopic (exact) mass is 320 g/mol. The van der Waals surface area contributed by atoms with Gasteiger partial charge in [0.05, 0.1) is 11.8 Å². The summed E-state index contributed by atoms with van der Waals surface area (Å²) < 4.78 is 5.59. The fourth-order valence-electron chi connectivity index (χ4n) is 2.40. The van der Waals surface area contributed by atoms with Crippen LogP contribution in [0.25, 0.3) is 0 Å². The summed E-state index contributed by atoms with van der Waals surface area (Å²) in [6, 6.07) is 7.58. The van der Waals surface area contributed by atoms with E-state index in [2.05, 4.69) is 22.0 Å². The van der Waals surface area contributed by atoms with Crippen LogP contribution in [0.3, 0.4) is 0 Å².